The number of likely N-dealkylation sites (tertiary alicyclic amines) is 1. The number of phenolic OH excluding ortho intramolecular Hbond substituents is 1. The maximum absolute atomic E-state index is 13.8. The number of hydrogen-bond acceptors (Lipinski definition) is 7. The molecule has 1 saturated heterocycles. The Morgan fingerprint density at radius 1 is 1.40 bits per heavy atom. The van der Waals surface area contributed by atoms with Crippen LogP contribution in [0.25, 0.3) is 5.65 Å². The molecule has 1 unspecified atom stereocenters. The van der Waals surface area contributed by atoms with Crippen LogP contribution in [-0.2, 0) is 11.3 Å². The number of aromatic nitrogens is 3. The second kappa shape index (κ2) is 8.27. The first-order valence-electron chi connectivity index (χ1n) is 9.90. The van der Waals surface area contributed by atoms with Crippen LogP contribution in [0.1, 0.15) is 29.3 Å². The van der Waals surface area contributed by atoms with E-state index in [-0.39, 0.29) is 30.5 Å². The lowest BCUT2D eigenvalue weighted by Gasteiger charge is -2.30. The maximum Gasteiger partial charge on any atom is 0.343 e. The summed E-state index contributed by atoms with van der Waals surface area (Å²) in [5.74, 6) is -0.231. The second-order valence-electron chi connectivity index (χ2n) is 7.44. The van der Waals surface area contributed by atoms with Crippen LogP contribution in [-0.4, -0.2) is 63.4 Å². The van der Waals surface area contributed by atoms with Crippen molar-refractivity contribution in [2.45, 2.75) is 25.9 Å². The summed E-state index contributed by atoms with van der Waals surface area (Å²) in [4.78, 5) is 21.2. The summed E-state index contributed by atoms with van der Waals surface area (Å²) < 4.78 is 20.4. The molecule has 1 atom stereocenters. The summed E-state index contributed by atoms with van der Waals surface area (Å²) in [6.07, 6.45) is 4.08. The molecular weight excluding hydrogens is 389 g/mol. The number of halogens is 1. The number of nitrogens with zero attached hydrogens (tertiary/aromatic N) is 5. The van der Waals surface area contributed by atoms with Crippen molar-refractivity contribution in [1.29, 1.82) is 0 Å². The molecule has 1 fully saturated rings. The van der Waals surface area contributed by atoms with Gasteiger partial charge in [0.2, 0.25) is 0 Å². The lowest BCUT2D eigenvalue weighted by molar-refractivity contribution is 0.0528. The molecule has 3 heterocycles. The van der Waals surface area contributed by atoms with Gasteiger partial charge in [0.15, 0.2) is 5.65 Å². The molecule has 4 rings (SSSR count). The molecular formula is C21H24FN5O3. The lowest BCUT2D eigenvalue weighted by atomic mass is 10.1. The van der Waals surface area contributed by atoms with E-state index in [1.807, 2.05) is 18.0 Å². The van der Waals surface area contributed by atoms with Gasteiger partial charge in [-0.25, -0.2) is 18.7 Å². The van der Waals surface area contributed by atoms with E-state index in [1.54, 1.807) is 13.1 Å². The minimum absolute atomic E-state index is 0.0328. The molecule has 3 aromatic rings. The van der Waals surface area contributed by atoms with Crippen molar-refractivity contribution in [3.8, 4) is 5.75 Å². The summed E-state index contributed by atoms with van der Waals surface area (Å²) in [6.45, 7) is 4.03. The van der Waals surface area contributed by atoms with Crippen LogP contribution in [0.5, 0.6) is 5.75 Å². The molecule has 9 heteroatoms. The molecule has 1 N–H and O–H groups in total. The highest BCUT2D eigenvalue weighted by molar-refractivity contribution is 5.95. The quantitative estimate of drug-likeness (QED) is 0.622. The number of carbonyl (C=O) groups excluding carboxylic acids is 1. The summed E-state index contributed by atoms with van der Waals surface area (Å²) in [6, 6.07) is 5.86. The first-order chi connectivity index (χ1) is 14.5. The van der Waals surface area contributed by atoms with Crippen LogP contribution in [0.4, 0.5) is 10.2 Å². The van der Waals surface area contributed by atoms with E-state index in [4.69, 9.17) is 4.74 Å². The third-order valence-electron chi connectivity index (χ3n) is 5.33. The molecule has 1 aromatic carbocycles. The maximum atomic E-state index is 13.8. The van der Waals surface area contributed by atoms with Gasteiger partial charge in [-0.05, 0) is 51.2 Å². The zero-order valence-electron chi connectivity index (χ0n) is 17.0. The molecule has 1 aliphatic rings. The molecule has 0 aliphatic carbocycles. The average Bonchev–Trinajstić information content (AvgIpc) is 3.34. The summed E-state index contributed by atoms with van der Waals surface area (Å²) in [5.41, 5.74) is 1.16. The van der Waals surface area contributed by atoms with Crippen LogP contribution in [0.15, 0.2) is 36.7 Å². The number of carbonyl (C=O) groups is 1. The first-order valence-corrected chi connectivity index (χ1v) is 9.90. The van der Waals surface area contributed by atoms with Crippen molar-refractivity contribution in [3.63, 3.8) is 0 Å². The largest absolute Gasteiger partial charge is 0.508 e. The van der Waals surface area contributed by atoms with Gasteiger partial charge in [-0.3, -0.25) is 0 Å². The lowest BCUT2D eigenvalue weighted by Crippen LogP contribution is -2.37. The Labute approximate surface area is 173 Å². The van der Waals surface area contributed by atoms with Crippen molar-refractivity contribution in [1.82, 2.24) is 19.5 Å². The molecule has 158 valence electrons. The third-order valence-corrected chi connectivity index (χ3v) is 5.33. The number of likely N-dealkylation sites (N-methyl/N-ethyl adjacent to an activating group) is 1. The molecule has 0 radical (unpaired) electrons. The predicted molar refractivity (Wildman–Crippen MR) is 109 cm³/mol. The average molecular weight is 413 g/mol. The standard InChI is InChI=1S/C21H24FN5O3/c1-3-30-21(29)17-11-23-27-9-7-19(24-20(17)27)26(16-6-8-25(2)13-16)12-14-10-15(22)4-5-18(14)28/h4-5,7,9-11,16,28H,3,6,8,12-13H2,1-2H3. The molecule has 30 heavy (non-hydrogen) atoms. The van der Waals surface area contributed by atoms with Gasteiger partial charge in [0.05, 0.1) is 12.8 Å². The Kier molecular flexibility index (Phi) is 5.54. The smallest absolute Gasteiger partial charge is 0.343 e. The van der Waals surface area contributed by atoms with Crippen molar-refractivity contribution in [2.75, 3.05) is 31.6 Å². The summed E-state index contributed by atoms with van der Waals surface area (Å²) in [5, 5.41) is 14.4. The zero-order chi connectivity index (χ0) is 21.3. The number of rotatable bonds is 6. The van der Waals surface area contributed by atoms with Crippen LogP contribution >= 0.6 is 0 Å². The Bertz CT molecular complexity index is 1070. The van der Waals surface area contributed by atoms with Gasteiger partial charge in [0, 0.05) is 30.9 Å². The van der Waals surface area contributed by atoms with Crippen molar-refractivity contribution < 1.29 is 19.0 Å². The summed E-state index contributed by atoms with van der Waals surface area (Å²) in [7, 11) is 2.05. The molecule has 8 nitrogen and oxygen atoms in total. The van der Waals surface area contributed by atoms with E-state index in [0.29, 0.717) is 17.0 Å². The van der Waals surface area contributed by atoms with Gasteiger partial charge in [-0.2, -0.15) is 5.10 Å². The van der Waals surface area contributed by atoms with Crippen molar-refractivity contribution in [3.05, 3.63) is 53.6 Å². The Morgan fingerprint density at radius 2 is 2.23 bits per heavy atom. The van der Waals surface area contributed by atoms with Crippen molar-refractivity contribution >= 4 is 17.4 Å². The highest BCUT2D eigenvalue weighted by atomic mass is 19.1. The fraction of sp³-hybridized carbons (Fsp3) is 0.381. The minimum atomic E-state index is -0.480. The normalized spacial score (nSPS) is 16.8. The SMILES string of the molecule is CCOC(=O)c1cnn2ccc(N(Cc3cc(F)ccc3O)C3CCN(C)C3)nc12. The zero-order valence-corrected chi connectivity index (χ0v) is 17.0. The van der Waals surface area contributed by atoms with Gasteiger partial charge in [-0.1, -0.05) is 0 Å². The summed E-state index contributed by atoms with van der Waals surface area (Å²) >= 11 is 0. The Hall–Kier alpha value is -3.20. The molecule has 0 spiro atoms. The number of ether oxygens (including phenoxy) is 1. The van der Waals surface area contributed by atoms with Crippen molar-refractivity contribution in [2.24, 2.45) is 0 Å². The number of fused-ring (bicyclic) bond motifs is 1. The number of esters is 1. The number of anilines is 1. The fourth-order valence-electron chi connectivity index (χ4n) is 3.80. The monoisotopic (exact) mass is 413 g/mol. The van der Waals surface area contributed by atoms with E-state index in [0.717, 1.165) is 19.5 Å². The minimum Gasteiger partial charge on any atom is -0.508 e. The van der Waals surface area contributed by atoms with E-state index >= 15 is 0 Å². The highest BCUT2D eigenvalue weighted by Crippen LogP contribution is 2.28. The van der Waals surface area contributed by atoms with E-state index in [1.165, 1.54) is 28.9 Å². The molecule has 2 aromatic heterocycles. The molecule has 1 aliphatic heterocycles. The van der Waals surface area contributed by atoms with Gasteiger partial charge in [0.25, 0.3) is 0 Å². The van der Waals surface area contributed by atoms with E-state index in [9.17, 15) is 14.3 Å². The van der Waals surface area contributed by atoms with Gasteiger partial charge in [0.1, 0.15) is 22.9 Å². The van der Waals surface area contributed by atoms with E-state index in [2.05, 4.69) is 15.0 Å². The molecule has 0 bridgehead atoms. The van der Waals surface area contributed by atoms with Gasteiger partial charge < -0.3 is 19.6 Å². The predicted octanol–water partition coefficient (Wildman–Crippen LogP) is 2.46. The Balaban J connectivity index is 1.74. The van der Waals surface area contributed by atoms with E-state index < -0.39 is 11.8 Å². The van der Waals surface area contributed by atoms with Gasteiger partial charge >= 0.3 is 5.97 Å². The number of hydrogen-bond donors (Lipinski definition) is 1. The second-order valence-corrected chi connectivity index (χ2v) is 7.44. The van der Waals surface area contributed by atoms with Crippen LogP contribution in [0, 0.1) is 5.82 Å². The fourth-order valence-corrected chi connectivity index (χ4v) is 3.80. The highest BCUT2D eigenvalue weighted by Gasteiger charge is 2.28. The molecule has 0 saturated carbocycles. The van der Waals surface area contributed by atoms with Crippen LogP contribution in [0.3, 0.4) is 0 Å². The molecule has 0 amide bonds. The Morgan fingerprint density at radius 3 is 2.97 bits per heavy atom. The van der Waals surface area contributed by atoms with Gasteiger partial charge in [-0.15, -0.1) is 0 Å². The number of benzene rings is 1. The number of phenols is 1. The third kappa shape index (κ3) is 3.93. The van der Waals surface area contributed by atoms with Crippen LogP contribution in [0.2, 0.25) is 0 Å². The number of aromatic hydroxyl groups is 1. The first kappa shape index (κ1) is 20.1. The topological polar surface area (TPSA) is 83.2 Å². The van der Waals surface area contributed by atoms with Crippen LogP contribution < -0.4 is 4.90 Å².